The molecule has 1 unspecified atom stereocenters. The third-order valence-electron chi connectivity index (χ3n) is 2.30. The number of hydrogen-bond donors (Lipinski definition) is 1. The summed E-state index contributed by atoms with van der Waals surface area (Å²) >= 11 is 0. The van der Waals surface area contributed by atoms with Crippen LogP contribution in [0.5, 0.6) is 0 Å². The largest absolute Gasteiger partial charge is 0.348 e. The van der Waals surface area contributed by atoms with Gasteiger partial charge in [0.05, 0.1) is 0 Å². The minimum atomic E-state index is -0.758. The predicted octanol–water partition coefficient (Wildman–Crippen LogP) is 2.91. The average Bonchev–Trinajstić information content (AvgIpc) is 2.30. The Bertz CT molecular complexity index is 373. The predicted molar refractivity (Wildman–Crippen MR) is 63.4 cm³/mol. The first-order valence-corrected chi connectivity index (χ1v) is 5.36. The maximum atomic E-state index is 13.4. The number of halogens is 1. The lowest BCUT2D eigenvalue weighted by atomic mass is 10.2. The average molecular weight is 221 g/mol. The lowest BCUT2D eigenvalue weighted by Crippen LogP contribution is -2.32. The number of benzene rings is 1. The molecule has 1 rings (SSSR count). The Morgan fingerprint density at radius 3 is 2.62 bits per heavy atom. The summed E-state index contributed by atoms with van der Waals surface area (Å²) in [6.07, 6.45) is 2.02. The molecule has 0 fully saturated rings. The van der Waals surface area contributed by atoms with Crippen molar-refractivity contribution >= 4 is 12.0 Å². The van der Waals surface area contributed by atoms with E-state index in [1.54, 1.807) is 24.3 Å². The standard InChI is InChI=1S/C13H16FNO/c1-3-10(2)15-13(16)12(14)9-11-7-5-4-6-8-11/h4-10H,3H2,1-2H3,(H,15,16)/b12-9-. The Balaban J connectivity index is 2.67. The molecule has 1 amide bonds. The van der Waals surface area contributed by atoms with Crippen molar-refractivity contribution in [3.05, 3.63) is 41.7 Å². The number of carbonyl (C=O) groups excluding carboxylic acids is 1. The van der Waals surface area contributed by atoms with Crippen molar-refractivity contribution in [2.24, 2.45) is 0 Å². The van der Waals surface area contributed by atoms with Crippen LogP contribution < -0.4 is 5.32 Å². The minimum Gasteiger partial charge on any atom is -0.348 e. The highest BCUT2D eigenvalue weighted by molar-refractivity contribution is 5.95. The van der Waals surface area contributed by atoms with E-state index in [0.29, 0.717) is 5.56 Å². The maximum absolute atomic E-state index is 13.4. The molecule has 0 saturated heterocycles. The van der Waals surface area contributed by atoms with Crippen molar-refractivity contribution in [1.82, 2.24) is 5.32 Å². The summed E-state index contributed by atoms with van der Waals surface area (Å²) in [5, 5.41) is 2.57. The highest BCUT2D eigenvalue weighted by Crippen LogP contribution is 2.08. The van der Waals surface area contributed by atoms with E-state index >= 15 is 0 Å². The highest BCUT2D eigenvalue weighted by atomic mass is 19.1. The monoisotopic (exact) mass is 221 g/mol. The van der Waals surface area contributed by atoms with Crippen molar-refractivity contribution in [2.75, 3.05) is 0 Å². The molecule has 0 aromatic heterocycles. The molecular weight excluding hydrogens is 205 g/mol. The molecule has 1 atom stereocenters. The fraction of sp³-hybridized carbons (Fsp3) is 0.308. The number of nitrogens with one attached hydrogen (secondary N) is 1. The van der Waals surface area contributed by atoms with Gasteiger partial charge in [-0.1, -0.05) is 37.3 Å². The molecule has 3 heteroatoms. The van der Waals surface area contributed by atoms with E-state index in [1.807, 2.05) is 19.9 Å². The Hall–Kier alpha value is -1.64. The van der Waals surface area contributed by atoms with E-state index in [9.17, 15) is 9.18 Å². The van der Waals surface area contributed by atoms with Gasteiger partial charge in [0, 0.05) is 6.04 Å². The molecule has 0 spiro atoms. The van der Waals surface area contributed by atoms with Gasteiger partial charge in [-0.3, -0.25) is 4.79 Å². The molecule has 0 radical (unpaired) electrons. The Morgan fingerprint density at radius 2 is 2.06 bits per heavy atom. The van der Waals surface area contributed by atoms with Crippen molar-refractivity contribution in [1.29, 1.82) is 0 Å². The van der Waals surface area contributed by atoms with Crippen molar-refractivity contribution in [2.45, 2.75) is 26.3 Å². The Labute approximate surface area is 95.2 Å². The fourth-order valence-electron chi connectivity index (χ4n) is 1.16. The zero-order valence-corrected chi connectivity index (χ0v) is 9.53. The second kappa shape index (κ2) is 6.05. The third-order valence-corrected chi connectivity index (χ3v) is 2.30. The lowest BCUT2D eigenvalue weighted by Gasteiger charge is -2.09. The van der Waals surface area contributed by atoms with Crippen LogP contribution in [0.2, 0.25) is 0 Å². The lowest BCUT2D eigenvalue weighted by molar-refractivity contribution is -0.119. The fourth-order valence-corrected chi connectivity index (χ4v) is 1.16. The van der Waals surface area contributed by atoms with Crippen molar-refractivity contribution in [3.63, 3.8) is 0 Å². The van der Waals surface area contributed by atoms with E-state index in [2.05, 4.69) is 5.32 Å². The second-order valence-electron chi connectivity index (χ2n) is 3.69. The van der Waals surface area contributed by atoms with Crippen LogP contribution in [0, 0.1) is 0 Å². The smallest absolute Gasteiger partial charge is 0.280 e. The van der Waals surface area contributed by atoms with Crippen LogP contribution in [0.25, 0.3) is 6.08 Å². The Kier molecular flexibility index (Phi) is 4.70. The molecule has 2 nitrogen and oxygen atoms in total. The molecule has 1 aromatic carbocycles. The van der Waals surface area contributed by atoms with Crippen molar-refractivity contribution in [3.8, 4) is 0 Å². The van der Waals surface area contributed by atoms with Gasteiger partial charge in [-0.2, -0.15) is 0 Å². The summed E-state index contributed by atoms with van der Waals surface area (Å²) in [5.74, 6) is -1.41. The topological polar surface area (TPSA) is 29.1 Å². The van der Waals surface area contributed by atoms with Crippen molar-refractivity contribution < 1.29 is 9.18 Å². The summed E-state index contributed by atoms with van der Waals surface area (Å²) in [6.45, 7) is 3.78. The number of carbonyl (C=O) groups is 1. The normalized spacial score (nSPS) is 13.3. The molecule has 16 heavy (non-hydrogen) atoms. The molecular formula is C13H16FNO. The van der Waals surface area contributed by atoms with Crippen LogP contribution in [0.3, 0.4) is 0 Å². The van der Waals surface area contributed by atoms with Gasteiger partial charge < -0.3 is 5.32 Å². The van der Waals surface area contributed by atoms with Crippen LogP contribution in [0.4, 0.5) is 4.39 Å². The summed E-state index contributed by atoms with van der Waals surface area (Å²) in [6, 6.07) is 8.92. The SMILES string of the molecule is CCC(C)NC(=O)/C(F)=C/c1ccccc1. The van der Waals surface area contributed by atoms with Gasteiger partial charge in [0.25, 0.3) is 5.91 Å². The van der Waals surface area contributed by atoms with Gasteiger partial charge in [-0.15, -0.1) is 0 Å². The molecule has 0 aliphatic carbocycles. The van der Waals surface area contributed by atoms with Crippen LogP contribution >= 0.6 is 0 Å². The molecule has 0 aliphatic heterocycles. The molecule has 1 N–H and O–H groups in total. The van der Waals surface area contributed by atoms with Gasteiger partial charge in [0.1, 0.15) is 0 Å². The summed E-state index contributed by atoms with van der Waals surface area (Å²) in [4.78, 5) is 11.4. The van der Waals surface area contributed by atoms with Gasteiger partial charge >= 0.3 is 0 Å². The minimum absolute atomic E-state index is 0.0116. The van der Waals surface area contributed by atoms with Crippen LogP contribution in [0.15, 0.2) is 36.2 Å². The summed E-state index contributed by atoms with van der Waals surface area (Å²) in [5.41, 5.74) is 0.680. The number of rotatable bonds is 4. The zero-order valence-electron chi connectivity index (χ0n) is 9.53. The first kappa shape index (κ1) is 12.4. The van der Waals surface area contributed by atoms with Gasteiger partial charge in [-0.05, 0) is 25.0 Å². The molecule has 0 saturated carbocycles. The number of hydrogen-bond acceptors (Lipinski definition) is 1. The van der Waals surface area contributed by atoms with E-state index in [0.717, 1.165) is 6.42 Å². The van der Waals surface area contributed by atoms with Crippen LogP contribution in [-0.4, -0.2) is 11.9 Å². The van der Waals surface area contributed by atoms with E-state index < -0.39 is 11.7 Å². The highest BCUT2D eigenvalue weighted by Gasteiger charge is 2.10. The van der Waals surface area contributed by atoms with Crippen LogP contribution in [0.1, 0.15) is 25.8 Å². The van der Waals surface area contributed by atoms with Crippen LogP contribution in [-0.2, 0) is 4.79 Å². The first-order chi connectivity index (χ1) is 7.63. The van der Waals surface area contributed by atoms with Gasteiger partial charge in [0.2, 0.25) is 0 Å². The molecule has 86 valence electrons. The Morgan fingerprint density at radius 1 is 1.44 bits per heavy atom. The van der Waals surface area contributed by atoms with E-state index in [-0.39, 0.29) is 6.04 Å². The maximum Gasteiger partial charge on any atom is 0.280 e. The molecule has 0 aliphatic rings. The molecule has 0 bridgehead atoms. The number of amides is 1. The second-order valence-corrected chi connectivity index (χ2v) is 3.69. The summed E-state index contributed by atoms with van der Waals surface area (Å²) in [7, 11) is 0. The quantitative estimate of drug-likeness (QED) is 0.778. The third kappa shape index (κ3) is 3.85. The van der Waals surface area contributed by atoms with Gasteiger partial charge in [0.15, 0.2) is 5.83 Å². The van der Waals surface area contributed by atoms with Gasteiger partial charge in [-0.25, -0.2) is 4.39 Å². The first-order valence-electron chi connectivity index (χ1n) is 5.36. The zero-order chi connectivity index (χ0) is 12.0. The molecule has 1 aromatic rings. The van der Waals surface area contributed by atoms with E-state index in [1.165, 1.54) is 6.08 Å². The summed E-state index contributed by atoms with van der Waals surface area (Å²) < 4.78 is 13.4. The van der Waals surface area contributed by atoms with E-state index in [4.69, 9.17) is 0 Å². The molecule has 0 heterocycles.